The van der Waals surface area contributed by atoms with Crippen LogP contribution in [0.4, 0.5) is 8.78 Å². The van der Waals surface area contributed by atoms with E-state index in [1.165, 1.54) is 32.1 Å². The molecule has 4 unspecified atom stereocenters. The highest BCUT2D eigenvalue weighted by Gasteiger charge is 2.49. The highest BCUT2D eigenvalue weighted by Crippen LogP contribution is 2.55. The van der Waals surface area contributed by atoms with E-state index in [2.05, 4.69) is 45.0 Å². The second-order valence-corrected chi connectivity index (χ2v) is 14.5. The van der Waals surface area contributed by atoms with E-state index in [4.69, 9.17) is 4.99 Å². The summed E-state index contributed by atoms with van der Waals surface area (Å²) in [5, 5.41) is 11.0. The molecule has 1 spiro atoms. The van der Waals surface area contributed by atoms with Gasteiger partial charge in [-0.15, -0.1) is 0 Å². The number of aromatic amines is 1. The Hall–Kier alpha value is -3.62. The van der Waals surface area contributed by atoms with Crippen LogP contribution in [0.1, 0.15) is 74.0 Å². The molecule has 3 aromatic rings. The van der Waals surface area contributed by atoms with Gasteiger partial charge in [-0.1, -0.05) is 37.3 Å². The van der Waals surface area contributed by atoms with Gasteiger partial charge >= 0.3 is 0 Å². The molecule has 0 amide bonds. The third-order valence-corrected chi connectivity index (χ3v) is 11.7. The van der Waals surface area contributed by atoms with Gasteiger partial charge in [-0.2, -0.15) is 8.78 Å². The van der Waals surface area contributed by atoms with Gasteiger partial charge in [0.2, 0.25) is 0 Å². The molecule has 1 aromatic heterocycles. The van der Waals surface area contributed by atoms with Crippen LogP contribution in [-0.2, 0) is 5.92 Å². The monoisotopic (exact) mass is 590 g/mol. The average molecular weight is 591 g/mol. The van der Waals surface area contributed by atoms with Crippen molar-refractivity contribution in [2.75, 3.05) is 6.54 Å². The fourth-order valence-corrected chi connectivity index (χ4v) is 8.98. The normalized spacial score (nSPS) is 33.0. The number of hydrogen-bond donors (Lipinski definition) is 4. The van der Waals surface area contributed by atoms with E-state index >= 15 is 8.78 Å². The fraction of sp³-hybridized carbons (Fsp3) is 0.444. The third-order valence-electron chi connectivity index (χ3n) is 11.7. The van der Waals surface area contributed by atoms with Crippen LogP contribution < -0.4 is 16.0 Å². The van der Waals surface area contributed by atoms with Gasteiger partial charge in [0.15, 0.2) is 0 Å². The Bertz CT molecular complexity index is 1830. The number of rotatable bonds is 4. The van der Waals surface area contributed by atoms with Crippen molar-refractivity contribution in [3.05, 3.63) is 83.0 Å². The Kier molecular flexibility index (Phi) is 5.11. The van der Waals surface area contributed by atoms with E-state index in [1.807, 2.05) is 24.3 Å². The lowest BCUT2D eigenvalue weighted by Crippen LogP contribution is -2.45. The number of nitrogens with one attached hydrogen (secondary N) is 4. The number of amidine groups is 1. The molecule has 8 heteroatoms. The second-order valence-electron chi connectivity index (χ2n) is 14.5. The zero-order valence-electron chi connectivity index (χ0n) is 24.8. The highest BCUT2D eigenvalue weighted by molar-refractivity contribution is 5.94. The van der Waals surface area contributed by atoms with Gasteiger partial charge in [0.25, 0.3) is 5.92 Å². The summed E-state index contributed by atoms with van der Waals surface area (Å²) in [7, 11) is 0. The predicted molar refractivity (Wildman–Crippen MR) is 167 cm³/mol. The molecule has 4 heterocycles. The highest BCUT2D eigenvalue weighted by atomic mass is 19.3. The van der Waals surface area contributed by atoms with Gasteiger partial charge in [-0.25, -0.2) is 4.98 Å². The molecule has 224 valence electrons. The summed E-state index contributed by atoms with van der Waals surface area (Å²) in [5.41, 5.74) is 6.20. The Morgan fingerprint density at radius 2 is 1.77 bits per heavy atom. The maximum Gasteiger partial charge on any atom is 0.299 e. The first-order chi connectivity index (χ1) is 21.3. The number of fused-ring (bicyclic) bond motifs is 6. The summed E-state index contributed by atoms with van der Waals surface area (Å²) in [6, 6.07) is 12.2. The van der Waals surface area contributed by atoms with Gasteiger partial charge in [-0.05, 0) is 90.3 Å². The van der Waals surface area contributed by atoms with Crippen molar-refractivity contribution in [2.45, 2.75) is 75.5 Å². The maximum atomic E-state index is 16.2. The average Bonchev–Trinajstić information content (AvgIpc) is 3.69. The number of benzene rings is 2. The van der Waals surface area contributed by atoms with Crippen molar-refractivity contribution in [3.63, 3.8) is 0 Å². The summed E-state index contributed by atoms with van der Waals surface area (Å²) in [6.45, 7) is 3.21. The summed E-state index contributed by atoms with van der Waals surface area (Å²) in [6.07, 6.45) is 13.5. The Morgan fingerprint density at radius 1 is 0.977 bits per heavy atom. The number of aliphatic imine (C=N–C) groups is 1. The molecule has 2 aromatic carbocycles. The molecule has 4 N–H and O–H groups in total. The number of piperidine rings is 1. The van der Waals surface area contributed by atoms with Crippen molar-refractivity contribution < 1.29 is 8.78 Å². The Balaban J connectivity index is 0.925. The van der Waals surface area contributed by atoms with Crippen molar-refractivity contribution in [3.8, 4) is 22.4 Å². The largest absolute Gasteiger partial charge is 0.344 e. The van der Waals surface area contributed by atoms with Crippen LogP contribution in [0.3, 0.4) is 0 Å². The van der Waals surface area contributed by atoms with E-state index in [0.717, 1.165) is 52.7 Å². The number of nitrogens with zero attached hydrogens (tertiary/aromatic N) is 2. The first-order valence-electron chi connectivity index (χ1n) is 16.3. The van der Waals surface area contributed by atoms with Gasteiger partial charge in [-0.3, -0.25) is 4.99 Å². The first-order valence-corrected chi connectivity index (χ1v) is 16.3. The van der Waals surface area contributed by atoms with E-state index in [1.54, 1.807) is 18.3 Å². The van der Waals surface area contributed by atoms with E-state index in [0.29, 0.717) is 34.5 Å². The molecule has 2 saturated carbocycles. The summed E-state index contributed by atoms with van der Waals surface area (Å²) < 4.78 is 32.4. The number of H-pyrrole nitrogens is 1. The van der Waals surface area contributed by atoms with Crippen LogP contribution in [0, 0.1) is 17.3 Å². The number of imidazole rings is 1. The molecule has 6 nitrogen and oxygen atoms in total. The van der Waals surface area contributed by atoms with Crippen molar-refractivity contribution >= 4 is 11.4 Å². The summed E-state index contributed by atoms with van der Waals surface area (Å²) >= 11 is 0. The lowest BCUT2D eigenvalue weighted by molar-refractivity contribution is 0.0480. The summed E-state index contributed by atoms with van der Waals surface area (Å²) in [4.78, 5) is 13.2. The molecule has 10 rings (SSSR count). The SMILES string of the molecule is CC1C=C(c2ccc3c(c2)C(F)(F)c2cc(-c4cnc([C@@H]5CC6(CC6)CN5)[nH]4)ccc2-3)C=C2NC(C3NC4CC[C@H]3C4)=NC21. The quantitative estimate of drug-likeness (QED) is 0.282. The van der Waals surface area contributed by atoms with Gasteiger partial charge in [0.1, 0.15) is 11.7 Å². The lowest BCUT2D eigenvalue weighted by Gasteiger charge is -2.24. The summed E-state index contributed by atoms with van der Waals surface area (Å²) in [5.74, 6) is -0.300. The van der Waals surface area contributed by atoms with E-state index in [9.17, 15) is 0 Å². The molecule has 44 heavy (non-hydrogen) atoms. The molecule has 4 aliphatic carbocycles. The molecule has 2 saturated heterocycles. The topological polar surface area (TPSA) is 77.1 Å². The number of aromatic nitrogens is 2. The number of hydrogen-bond acceptors (Lipinski definition) is 5. The molecule has 0 radical (unpaired) electrons. The van der Waals surface area contributed by atoms with Gasteiger partial charge < -0.3 is 20.9 Å². The Labute approximate surface area is 255 Å². The minimum atomic E-state index is -3.09. The van der Waals surface area contributed by atoms with Crippen molar-refractivity contribution in [1.82, 2.24) is 25.9 Å². The number of allylic oxidation sites excluding steroid dienone is 2. The van der Waals surface area contributed by atoms with Crippen molar-refractivity contribution in [1.29, 1.82) is 0 Å². The van der Waals surface area contributed by atoms with Crippen LogP contribution in [0.15, 0.2) is 65.4 Å². The third kappa shape index (κ3) is 3.70. The van der Waals surface area contributed by atoms with Gasteiger partial charge in [0, 0.05) is 40.9 Å². The van der Waals surface area contributed by atoms with E-state index < -0.39 is 5.92 Å². The van der Waals surface area contributed by atoms with Crippen LogP contribution in [-0.4, -0.2) is 40.5 Å². The van der Waals surface area contributed by atoms with Gasteiger partial charge in [0.05, 0.1) is 30.0 Å². The second kappa shape index (κ2) is 8.76. The van der Waals surface area contributed by atoms with Crippen LogP contribution in [0.25, 0.3) is 28.0 Å². The molecule has 2 bridgehead atoms. The fourth-order valence-electron chi connectivity index (χ4n) is 8.98. The zero-order chi connectivity index (χ0) is 29.4. The maximum absolute atomic E-state index is 16.2. The molecule has 3 aliphatic heterocycles. The van der Waals surface area contributed by atoms with Crippen LogP contribution in [0.2, 0.25) is 0 Å². The lowest BCUT2D eigenvalue weighted by atomic mass is 9.87. The molecule has 7 aliphatic rings. The molecular formula is C36H36F2N6. The molecular weight excluding hydrogens is 554 g/mol. The number of halogens is 2. The zero-order valence-corrected chi connectivity index (χ0v) is 24.8. The van der Waals surface area contributed by atoms with Crippen molar-refractivity contribution in [2.24, 2.45) is 22.2 Å². The minimum Gasteiger partial charge on any atom is -0.344 e. The first kappa shape index (κ1) is 25.7. The van der Waals surface area contributed by atoms with Crippen LogP contribution >= 0.6 is 0 Å². The van der Waals surface area contributed by atoms with E-state index in [-0.39, 0.29) is 29.1 Å². The smallest absolute Gasteiger partial charge is 0.299 e. The molecule has 6 atom stereocenters. The Morgan fingerprint density at radius 3 is 2.50 bits per heavy atom. The minimum absolute atomic E-state index is 0.0625. The standard InChI is InChI=1S/C36H36F2N6/c1-18-10-22(14-28-31(18)44-34(42-28)32-21-2-5-23(11-21)41-32)19-3-6-24-25-7-4-20(13-27(25)36(37,38)26(24)12-19)30-16-39-33(43-30)29-15-35(8-9-35)17-40-29/h3-4,6-7,10,12-14,16,18,21,23,29,31-32,40-41H,2,5,8-9,11,15,17H2,1H3,(H,39,43)(H,42,44)/t18?,21-,23?,29-,31?,32?/m0/s1. The van der Waals surface area contributed by atoms with Crippen LogP contribution in [0.5, 0.6) is 0 Å². The molecule has 4 fully saturated rings. The predicted octanol–water partition coefficient (Wildman–Crippen LogP) is 6.44. The number of alkyl halides is 2.